The van der Waals surface area contributed by atoms with Crippen molar-refractivity contribution in [2.24, 2.45) is 0 Å². The number of carbonyl (C=O) groups is 1. The van der Waals surface area contributed by atoms with Crippen LogP contribution in [0.25, 0.3) is 0 Å². The van der Waals surface area contributed by atoms with Crippen molar-refractivity contribution in [1.82, 2.24) is 5.32 Å². The Morgan fingerprint density at radius 1 is 1.41 bits per heavy atom. The summed E-state index contributed by atoms with van der Waals surface area (Å²) in [5, 5.41) is 2.82. The van der Waals surface area contributed by atoms with Crippen LogP contribution in [0.4, 0.5) is 0 Å². The lowest BCUT2D eigenvalue weighted by molar-refractivity contribution is -0.122. The lowest BCUT2D eigenvalue weighted by Gasteiger charge is -2.20. The van der Waals surface area contributed by atoms with Crippen LogP contribution in [0.2, 0.25) is 0 Å². The van der Waals surface area contributed by atoms with Gasteiger partial charge in [0, 0.05) is 23.6 Å². The predicted octanol–water partition coefficient (Wildman–Crippen LogP) is 1.77. The third-order valence-corrected chi connectivity index (χ3v) is 4.42. The van der Waals surface area contributed by atoms with Crippen LogP contribution >= 0.6 is 0 Å². The van der Waals surface area contributed by atoms with Gasteiger partial charge in [-0.1, -0.05) is 29.8 Å². The Bertz CT molecular complexity index is 441. The van der Waals surface area contributed by atoms with Crippen molar-refractivity contribution in [3.8, 4) is 0 Å². The highest BCUT2D eigenvalue weighted by atomic mass is 32.2. The van der Waals surface area contributed by atoms with E-state index in [1.54, 1.807) is 20.1 Å². The van der Waals surface area contributed by atoms with Crippen molar-refractivity contribution < 1.29 is 9.00 Å². The summed E-state index contributed by atoms with van der Waals surface area (Å²) in [5.41, 5.74) is 2.21. The molecule has 4 heteroatoms. The van der Waals surface area contributed by atoms with Gasteiger partial charge in [-0.3, -0.25) is 9.00 Å². The SMILES string of the molecule is Cc1cccc(CNC(=O)C(C)(C)S(C)=O)c1. The largest absolute Gasteiger partial charge is 0.351 e. The molecule has 3 nitrogen and oxygen atoms in total. The summed E-state index contributed by atoms with van der Waals surface area (Å²) in [6.07, 6.45) is 1.55. The van der Waals surface area contributed by atoms with E-state index in [1.807, 2.05) is 31.2 Å². The summed E-state index contributed by atoms with van der Waals surface area (Å²) in [4.78, 5) is 11.9. The smallest absolute Gasteiger partial charge is 0.238 e. The average molecular weight is 253 g/mol. The maximum absolute atomic E-state index is 11.9. The highest BCUT2D eigenvalue weighted by molar-refractivity contribution is 7.86. The lowest BCUT2D eigenvalue weighted by atomic mass is 10.1. The number of nitrogens with one attached hydrogen (secondary N) is 1. The highest BCUT2D eigenvalue weighted by Gasteiger charge is 2.31. The first-order valence-corrected chi connectivity index (χ1v) is 7.07. The Morgan fingerprint density at radius 3 is 2.59 bits per heavy atom. The molecule has 0 saturated carbocycles. The van der Waals surface area contributed by atoms with Crippen molar-refractivity contribution >= 4 is 16.7 Å². The zero-order valence-corrected chi connectivity index (χ0v) is 11.6. The third-order valence-electron chi connectivity index (χ3n) is 2.80. The van der Waals surface area contributed by atoms with E-state index in [1.165, 1.54) is 0 Å². The number of carbonyl (C=O) groups excluding carboxylic acids is 1. The van der Waals surface area contributed by atoms with Gasteiger partial charge in [0.2, 0.25) is 5.91 Å². The van der Waals surface area contributed by atoms with Gasteiger partial charge in [0.15, 0.2) is 0 Å². The summed E-state index contributed by atoms with van der Waals surface area (Å²) in [7, 11) is -1.18. The molecule has 0 aliphatic carbocycles. The normalized spacial score (nSPS) is 13.2. The molecular weight excluding hydrogens is 234 g/mol. The van der Waals surface area contributed by atoms with Crippen LogP contribution < -0.4 is 5.32 Å². The van der Waals surface area contributed by atoms with E-state index in [0.717, 1.165) is 11.1 Å². The molecule has 1 aromatic carbocycles. The third kappa shape index (κ3) is 3.66. The van der Waals surface area contributed by atoms with Gasteiger partial charge in [-0.25, -0.2) is 0 Å². The van der Waals surface area contributed by atoms with Gasteiger partial charge in [0.1, 0.15) is 4.75 Å². The van der Waals surface area contributed by atoms with Crippen molar-refractivity contribution in [2.45, 2.75) is 32.1 Å². The molecule has 1 unspecified atom stereocenters. The molecule has 1 rings (SSSR count). The molecule has 1 aromatic rings. The van der Waals surface area contributed by atoms with Crippen LogP contribution in [-0.2, 0) is 22.1 Å². The van der Waals surface area contributed by atoms with E-state index in [4.69, 9.17) is 0 Å². The number of benzene rings is 1. The van der Waals surface area contributed by atoms with Crippen LogP contribution in [0.1, 0.15) is 25.0 Å². The van der Waals surface area contributed by atoms with Gasteiger partial charge in [-0.05, 0) is 26.3 Å². The Morgan fingerprint density at radius 2 is 2.06 bits per heavy atom. The molecule has 0 saturated heterocycles. The first-order chi connectivity index (χ1) is 7.84. The summed E-state index contributed by atoms with van der Waals surface area (Å²) in [6.45, 7) is 5.86. The molecule has 0 radical (unpaired) electrons. The zero-order chi connectivity index (χ0) is 13.1. The van der Waals surface area contributed by atoms with Gasteiger partial charge in [-0.2, -0.15) is 0 Å². The van der Waals surface area contributed by atoms with Crippen LogP contribution in [0.5, 0.6) is 0 Å². The number of hydrogen-bond donors (Lipinski definition) is 1. The van der Waals surface area contributed by atoms with Gasteiger partial charge < -0.3 is 5.32 Å². The molecule has 1 N–H and O–H groups in total. The van der Waals surface area contributed by atoms with Crippen molar-refractivity contribution in [1.29, 1.82) is 0 Å². The molecule has 17 heavy (non-hydrogen) atoms. The molecule has 0 bridgehead atoms. The molecule has 94 valence electrons. The average Bonchev–Trinajstić information content (AvgIpc) is 2.25. The van der Waals surface area contributed by atoms with E-state index >= 15 is 0 Å². The molecular formula is C13H19NO2S. The topological polar surface area (TPSA) is 46.2 Å². The summed E-state index contributed by atoms with van der Waals surface area (Å²) in [6, 6.07) is 7.95. The van der Waals surface area contributed by atoms with Gasteiger partial charge in [0.25, 0.3) is 0 Å². The van der Waals surface area contributed by atoms with Crippen LogP contribution in [-0.4, -0.2) is 21.1 Å². The number of amides is 1. The second-order valence-electron chi connectivity index (χ2n) is 4.64. The highest BCUT2D eigenvalue weighted by Crippen LogP contribution is 2.12. The van der Waals surface area contributed by atoms with E-state index in [2.05, 4.69) is 5.32 Å². The Kier molecular flexibility index (Phi) is 4.46. The van der Waals surface area contributed by atoms with Gasteiger partial charge >= 0.3 is 0 Å². The molecule has 1 atom stereocenters. The standard InChI is InChI=1S/C13H19NO2S/c1-10-6-5-7-11(8-10)9-14-12(15)13(2,3)17(4)16/h5-8H,9H2,1-4H3,(H,14,15). The summed E-state index contributed by atoms with van der Waals surface area (Å²) < 4.78 is 10.6. The van der Waals surface area contributed by atoms with Crippen molar-refractivity contribution in [2.75, 3.05) is 6.26 Å². The maximum atomic E-state index is 11.9. The van der Waals surface area contributed by atoms with Gasteiger partial charge in [-0.15, -0.1) is 0 Å². The molecule has 0 aliphatic rings. The summed E-state index contributed by atoms with van der Waals surface area (Å²) >= 11 is 0. The minimum absolute atomic E-state index is 0.181. The van der Waals surface area contributed by atoms with Crippen LogP contribution in [0.15, 0.2) is 24.3 Å². The van der Waals surface area contributed by atoms with E-state index in [0.29, 0.717) is 6.54 Å². The molecule has 0 heterocycles. The molecule has 1 amide bonds. The second kappa shape index (κ2) is 5.45. The minimum Gasteiger partial charge on any atom is -0.351 e. The Labute approximate surface area is 105 Å². The first-order valence-electron chi connectivity index (χ1n) is 5.51. The number of hydrogen-bond acceptors (Lipinski definition) is 2. The fourth-order valence-corrected chi connectivity index (χ4v) is 1.68. The number of aryl methyl sites for hydroxylation is 1. The number of rotatable bonds is 4. The molecule has 0 aliphatic heterocycles. The molecule has 0 fully saturated rings. The summed E-state index contributed by atoms with van der Waals surface area (Å²) in [5.74, 6) is -0.181. The van der Waals surface area contributed by atoms with Crippen molar-refractivity contribution in [3.05, 3.63) is 35.4 Å². The monoisotopic (exact) mass is 253 g/mol. The maximum Gasteiger partial charge on any atom is 0.238 e. The van der Waals surface area contributed by atoms with Gasteiger partial charge in [0.05, 0.1) is 0 Å². The fraction of sp³-hybridized carbons (Fsp3) is 0.462. The first kappa shape index (κ1) is 13.9. The Balaban J connectivity index is 2.63. The lowest BCUT2D eigenvalue weighted by Crippen LogP contribution is -2.44. The Hall–Kier alpha value is -1.16. The quantitative estimate of drug-likeness (QED) is 0.889. The van der Waals surface area contributed by atoms with E-state index < -0.39 is 15.5 Å². The second-order valence-corrected chi connectivity index (χ2v) is 6.57. The minimum atomic E-state index is -1.18. The van der Waals surface area contributed by atoms with Crippen molar-refractivity contribution in [3.63, 3.8) is 0 Å². The zero-order valence-electron chi connectivity index (χ0n) is 10.7. The fourth-order valence-electron chi connectivity index (χ4n) is 1.35. The van der Waals surface area contributed by atoms with Crippen LogP contribution in [0, 0.1) is 6.92 Å². The predicted molar refractivity (Wildman–Crippen MR) is 71.2 cm³/mol. The molecule has 0 spiro atoms. The van der Waals surface area contributed by atoms with E-state index in [-0.39, 0.29) is 5.91 Å². The molecule has 0 aromatic heterocycles. The van der Waals surface area contributed by atoms with Crippen LogP contribution in [0.3, 0.4) is 0 Å². The van der Waals surface area contributed by atoms with E-state index in [9.17, 15) is 9.00 Å².